The van der Waals surface area contributed by atoms with Gasteiger partial charge in [-0.3, -0.25) is 0 Å². The monoisotopic (exact) mass is 274 g/mol. The molecule has 0 saturated carbocycles. The van der Waals surface area contributed by atoms with E-state index in [1.165, 1.54) is 11.6 Å². The molecule has 0 radical (unpaired) electrons. The molecule has 3 rings (SSSR count). The van der Waals surface area contributed by atoms with E-state index >= 15 is 0 Å². The molecule has 0 aromatic carbocycles. The van der Waals surface area contributed by atoms with Gasteiger partial charge in [0, 0.05) is 12.7 Å². The lowest BCUT2D eigenvalue weighted by atomic mass is 9.99. The predicted octanol–water partition coefficient (Wildman–Crippen LogP) is 2.92. The Labute approximate surface area is 111 Å². The molecule has 2 atom stereocenters. The van der Waals surface area contributed by atoms with Crippen LogP contribution in [0.1, 0.15) is 12.0 Å². The molecule has 92 valence electrons. The molecule has 1 fully saturated rings. The number of hydrogen-bond donors (Lipinski definition) is 1. The first kappa shape index (κ1) is 12.8. The van der Waals surface area contributed by atoms with Gasteiger partial charge >= 0.3 is 0 Å². The fraction of sp³-hybridized carbons (Fsp3) is 0.417. The fourth-order valence-electron chi connectivity index (χ4n) is 2.59. The summed E-state index contributed by atoms with van der Waals surface area (Å²) in [4.78, 5) is 3.85. The number of fused-ring (bicyclic) bond motifs is 1. The number of nitrogens with zero attached hydrogens (tertiary/aromatic N) is 1. The summed E-state index contributed by atoms with van der Waals surface area (Å²) < 4.78 is 13.3. The van der Waals surface area contributed by atoms with Crippen molar-refractivity contribution < 1.29 is 4.39 Å². The molecule has 0 bridgehead atoms. The van der Waals surface area contributed by atoms with Crippen LogP contribution < -0.4 is 5.32 Å². The second-order valence-corrected chi connectivity index (χ2v) is 4.83. The van der Waals surface area contributed by atoms with E-state index in [1.807, 2.05) is 0 Å². The number of halogens is 3. The Balaban J connectivity index is 0.00000108. The van der Waals surface area contributed by atoms with Gasteiger partial charge in [0.15, 0.2) is 11.0 Å². The first-order chi connectivity index (χ1) is 7.74. The molecule has 0 unspecified atom stereocenters. The lowest BCUT2D eigenvalue weighted by Crippen LogP contribution is -2.09. The van der Waals surface area contributed by atoms with Crippen molar-refractivity contribution in [3.8, 4) is 0 Å². The Morgan fingerprint density at radius 1 is 1.41 bits per heavy atom. The lowest BCUT2D eigenvalue weighted by Gasteiger charge is -2.06. The highest BCUT2D eigenvalue weighted by Gasteiger charge is 2.31. The lowest BCUT2D eigenvalue weighted by molar-refractivity contribution is 0.536. The van der Waals surface area contributed by atoms with Crippen molar-refractivity contribution >= 4 is 29.6 Å². The Morgan fingerprint density at radius 2 is 2.24 bits per heavy atom. The van der Waals surface area contributed by atoms with Gasteiger partial charge in [0.05, 0.1) is 0 Å². The third-order valence-corrected chi connectivity index (χ3v) is 3.73. The topological polar surface area (TPSA) is 24.9 Å². The first-order valence-corrected chi connectivity index (χ1v) is 5.84. The molecule has 2 nitrogen and oxygen atoms in total. The largest absolute Gasteiger partial charge is 0.316 e. The van der Waals surface area contributed by atoms with E-state index in [1.54, 1.807) is 6.20 Å². The third-order valence-electron chi connectivity index (χ3n) is 3.46. The minimum Gasteiger partial charge on any atom is -0.316 e. The standard InChI is InChI=1S/C12H12ClFN2.ClH/c13-12-11(14)3-10(6-16-12)7-1-8-4-15-5-9(8)2-7;/h1,3,6,8-9,15H,2,4-5H2;1H/t8-,9+;/m1./s1. The van der Waals surface area contributed by atoms with Gasteiger partial charge in [0.25, 0.3) is 0 Å². The van der Waals surface area contributed by atoms with Gasteiger partial charge in [-0.05, 0) is 42.0 Å². The van der Waals surface area contributed by atoms with Crippen LogP contribution in [0.25, 0.3) is 5.57 Å². The molecule has 5 heteroatoms. The highest BCUT2D eigenvalue weighted by molar-refractivity contribution is 6.29. The summed E-state index contributed by atoms with van der Waals surface area (Å²) in [6, 6.07) is 1.48. The molecular weight excluding hydrogens is 262 g/mol. The zero-order valence-electron chi connectivity index (χ0n) is 9.12. The minimum absolute atomic E-state index is 0. The van der Waals surface area contributed by atoms with Gasteiger partial charge in [-0.2, -0.15) is 0 Å². The molecule has 1 aromatic heterocycles. The highest BCUT2D eigenvalue weighted by atomic mass is 35.5. The Kier molecular flexibility index (Phi) is 3.71. The SMILES string of the molecule is Cl.Fc1cc(C2=C[C@@H]3CNC[C@@H]3C2)cnc1Cl. The second-order valence-electron chi connectivity index (χ2n) is 4.47. The van der Waals surface area contributed by atoms with Gasteiger partial charge in [-0.1, -0.05) is 17.7 Å². The van der Waals surface area contributed by atoms with Crippen molar-refractivity contribution in [1.82, 2.24) is 10.3 Å². The Hall–Kier alpha value is -0.640. The van der Waals surface area contributed by atoms with Crippen molar-refractivity contribution in [3.63, 3.8) is 0 Å². The molecular formula is C12H13Cl2FN2. The van der Waals surface area contributed by atoms with Crippen molar-refractivity contribution in [3.05, 3.63) is 34.9 Å². The first-order valence-electron chi connectivity index (χ1n) is 5.47. The molecule has 2 aliphatic rings. The summed E-state index contributed by atoms with van der Waals surface area (Å²) in [6.07, 6.45) is 4.92. The molecule has 1 aliphatic carbocycles. The summed E-state index contributed by atoms with van der Waals surface area (Å²) in [5.41, 5.74) is 2.08. The molecule has 1 saturated heterocycles. The van der Waals surface area contributed by atoms with E-state index in [2.05, 4.69) is 16.4 Å². The molecule has 0 spiro atoms. The average Bonchev–Trinajstić information content (AvgIpc) is 2.81. The zero-order chi connectivity index (χ0) is 11.1. The summed E-state index contributed by atoms with van der Waals surface area (Å²) in [6.45, 7) is 2.10. The summed E-state index contributed by atoms with van der Waals surface area (Å²) >= 11 is 5.57. The van der Waals surface area contributed by atoms with Crippen LogP contribution in [0.15, 0.2) is 18.3 Å². The van der Waals surface area contributed by atoms with Crippen LogP contribution in [0.2, 0.25) is 5.15 Å². The van der Waals surface area contributed by atoms with Crippen LogP contribution in [0.3, 0.4) is 0 Å². The zero-order valence-corrected chi connectivity index (χ0v) is 10.7. The summed E-state index contributed by atoms with van der Waals surface area (Å²) in [5, 5.41) is 3.31. The Morgan fingerprint density at radius 3 is 2.94 bits per heavy atom. The highest BCUT2D eigenvalue weighted by Crippen LogP contribution is 2.38. The maximum Gasteiger partial charge on any atom is 0.164 e. The second kappa shape index (κ2) is 4.92. The van der Waals surface area contributed by atoms with Crippen LogP contribution in [0.5, 0.6) is 0 Å². The molecule has 1 aliphatic heterocycles. The smallest absolute Gasteiger partial charge is 0.164 e. The van der Waals surface area contributed by atoms with E-state index in [0.29, 0.717) is 11.8 Å². The maximum atomic E-state index is 13.3. The van der Waals surface area contributed by atoms with Crippen molar-refractivity contribution in [2.24, 2.45) is 11.8 Å². The van der Waals surface area contributed by atoms with E-state index in [-0.39, 0.29) is 17.6 Å². The van der Waals surface area contributed by atoms with Crippen LogP contribution in [-0.4, -0.2) is 18.1 Å². The van der Waals surface area contributed by atoms with Crippen LogP contribution in [0.4, 0.5) is 4.39 Å². The molecule has 1 aromatic rings. The van der Waals surface area contributed by atoms with Gasteiger partial charge in [0.2, 0.25) is 0 Å². The summed E-state index contributed by atoms with van der Waals surface area (Å²) in [5.74, 6) is 0.845. The molecule has 0 amide bonds. The number of aromatic nitrogens is 1. The van der Waals surface area contributed by atoms with E-state index in [4.69, 9.17) is 11.6 Å². The number of nitrogens with one attached hydrogen (secondary N) is 1. The number of allylic oxidation sites excluding steroid dienone is 1. The van der Waals surface area contributed by atoms with Gasteiger partial charge in [0.1, 0.15) is 0 Å². The van der Waals surface area contributed by atoms with Crippen molar-refractivity contribution in [2.75, 3.05) is 13.1 Å². The predicted molar refractivity (Wildman–Crippen MR) is 68.9 cm³/mol. The normalized spacial score (nSPS) is 26.4. The molecule has 17 heavy (non-hydrogen) atoms. The van der Waals surface area contributed by atoms with E-state index in [9.17, 15) is 4.39 Å². The maximum absolute atomic E-state index is 13.3. The summed E-state index contributed by atoms with van der Waals surface area (Å²) in [7, 11) is 0. The number of rotatable bonds is 1. The molecule has 2 heterocycles. The third kappa shape index (κ3) is 2.32. The van der Waals surface area contributed by atoms with Crippen LogP contribution in [-0.2, 0) is 0 Å². The minimum atomic E-state index is -0.435. The molecule has 1 N–H and O–H groups in total. The van der Waals surface area contributed by atoms with Crippen molar-refractivity contribution in [1.29, 1.82) is 0 Å². The van der Waals surface area contributed by atoms with Gasteiger partial charge < -0.3 is 5.32 Å². The average molecular weight is 275 g/mol. The van der Waals surface area contributed by atoms with Gasteiger partial charge in [-0.15, -0.1) is 12.4 Å². The Bertz CT molecular complexity index is 462. The number of pyridine rings is 1. The van der Waals surface area contributed by atoms with Crippen molar-refractivity contribution in [2.45, 2.75) is 6.42 Å². The van der Waals surface area contributed by atoms with Crippen LogP contribution in [0, 0.1) is 17.7 Å². The quantitative estimate of drug-likeness (QED) is 0.797. The van der Waals surface area contributed by atoms with E-state index < -0.39 is 5.82 Å². The van der Waals surface area contributed by atoms with Gasteiger partial charge in [-0.25, -0.2) is 9.37 Å². The fourth-order valence-corrected chi connectivity index (χ4v) is 2.70. The number of hydrogen-bond acceptors (Lipinski definition) is 2. The van der Waals surface area contributed by atoms with Crippen LogP contribution >= 0.6 is 24.0 Å². The van der Waals surface area contributed by atoms with E-state index in [0.717, 1.165) is 25.1 Å².